The van der Waals surface area contributed by atoms with Crippen molar-refractivity contribution in [3.63, 3.8) is 0 Å². The SMILES string of the molecule is c1ccc(-c2[nH]ncc2CNCc2cnc[nH]2)cc1. The fourth-order valence-electron chi connectivity index (χ4n) is 2.01. The Labute approximate surface area is 111 Å². The van der Waals surface area contributed by atoms with Crippen LogP contribution in [0.3, 0.4) is 0 Å². The molecule has 5 heteroatoms. The molecule has 96 valence electrons. The standard InChI is InChI=1S/C14H15N5/c1-2-4-11(5-3-1)14-12(7-18-19-14)6-15-8-13-9-16-10-17-13/h1-5,7,9-10,15H,6,8H2,(H,16,17)(H,18,19). The molecule has 1 aromatic carbocycles. The second-order valence-electron chi connectivity index (χ2n) is 4.32. The summed E-state index contributed by atoms with van der Waals surface area (Å²) in [6.07, 6.45) is 5.37. The molecule has 5 nitrogen and oxygen atoms in total. The van der Waals surface area contributed by atoms with E-state index in [1.54, 1.807) is 6.33 Å². The minimum atomic E-state index is 0.763. The average Bonchev–Trinajstić information content (AvgIpc) is 3.11. The van der Waals surface area contributed by atoms with Crippen LogP contribution in [0.2, 0.25) is 0 Å². The number of nitrogens with zero attached hydrogens (tertiary/aromatic N) is 2. The van der Waals surface area contributed by atoms with Crippen LogP contribution in [0.5, 0.6) is 0 Å². The molecule has 0 fully saturated rings. The van der Waals surface area contributed by atoms with Crippen molar-refractivity contribution in [1.29, 1.82) is 0 Å². The highest BCUT2D eigenvalue weighted by Crippen LogP contribution is 2.20. The number of nitrogens with one attached hydrogen (secondary N) is 3. The zero-order valence-corrected chi connectivity index (χ0v) is 10.4. The van der Waals surface area contributed by atoms with E-state index in [2.05, 4.69) is 37.6 Å². The van der Waals surface area contributed by atoms with Crippen LogP contribution >= 0.6 is 0 Å². The first-order valence-electron chi connectivity index (χ1n) is 6.19. The third-order valence-electron chi connectivity index (χ3n) is 2.97. The predicted octanol–water partition coefficient (Wildman–Crippen LogP) is 2.09. The predicted molar refractivity (Wildman–Crippen MR) is 73.2 cm³/mol. The molecule has 0 aliphatic heterocycles. The molecule has 2 heterocycles. The largest absolute Gasteiger partial charge is 0.347 e. The summed E-state index contributed by atoms with van der Waals surface area (Å²) in [6.45, 7) is 1.53. The molecule has 0 atom stereocenters. The smallest absolute Gasteiger partial charge is 0.0922 e. The summed E-state index contributed by atoms with van der Waals surface area (Å²) in [5, 5.41) is 10.6. The highest BCUT2D eigenvalue weighted by atomic mass is 15.1. The van der Waals surface area contributed by atoms with Crippen molar-refractivity contribution in [3.05, 3.63) is 60.3 Å². The molecule has 0 unspecified atom stereocenters. The molecule has 0 saturated carbocycles. The Morgan fingerprint density at radius 2 is 1.95 bits per heavy atom. The van der Waals surface area contributed by atoms with Crippen molar-refractivity contribution >= 4 is 0 Å². The Morgan fingerprint density at radius 1 is 1.05 bits per heavy atom. The summed E-state index contributed by atoms with van der Waals surface area (Å²) in [6, 6.07) is 10.2. The highest BCUT2D eigenvalue weighted by molar-refractivity contribution is 5.62. The van der Waals surface area contributed by atoms with Gasteiger partial charge in [-0.3, -0.25) is 5.10 Å². The zero-order valence-electron chi connectivity index (χ0n) is 10.4. The molecule has 2 aromatic heterocycles. The average molecular weight is 253 g/mol. The van der Waals surface area contributed by atoms with Gasteiger partial charge in [-0.2, -0.15) is 5.10 Å². The topological polar surface area (TPSA) is 69.4 Å². The van der Waals surface area contributed by atoms with Gasteiger partial charge < -0.3 is 10.3 Å². The lowest BCUT2D eigenvalue weighted by Gasteiger charge is -2.04. The Bertz CT molecular complexity index is 612. The summed E-state index contributed by atoms with van der Waals surface area (Å²) >= 11 is 0. The van der Waals surface area contributed by atoms with Crippen LogP contribution < -0.4 is 5.32 Å². The van der Waals surface area contributed by atoms with E-state index in [4.69, 9.17) is 0 Å². The lowest BCUT2D eigenvalue weighted by atomic mass is 10.1. The van der Waals surface area contributed by atoms with Gasteiger partial charge >= 0.3 is 0 Å². The number of rotatable bonds is 5. The number of H-pyrrole nitrogens is 2. The van der Waals surface area contributed by atoms with E-state index >= 15 is 0 Å². The molecule has 0 aliphatic rings. The highest BCUT2D eigenvalue weighted by Gasteiger charge is 2.06. The Kier molecular flexibility index (Phi) is 3.38. The van der Waals surface area contributed by atoms with Crippen LogP contribution in [0.15, 0.2) is 49.1 Å². The van der Waals surface area contributed by atoms with E-state index in [-0.39, 0.29) is 0 Å². The monoisotopic (exact) mass is 253 g/mol. The molecule has 0 aliphatic carbocycles. The minimum Gasteiger partial charge on any atom is -0.347 e. The molecule has 0 radical (unpaired) electrons. The summed E-state index contributed by atoms with van der Waals surface area (Å²) in [4.78, 5) is 7.06. The van der Waals surface area contributed by atoms with Gasteiger partial charge in [0.2, 0.25) is 0 Å². The van der Waals surface area contributed by atoms with Gasteiger partial charge in [-0.15, -0.1) is 0 Å². The summed E-state index contributed by atoms with van der Waals surface area (Å²) in [7, 11) is 0. The first-order chi connectivity index (χ1) is 9.43. The molecule has 0 spiro atoms. The van der Waals surface area contributed by atoms with Crippen molar-refractivity contribution in [3.8, 4) is 11.3 Å². The van der Waals surface area contributed by atoms with Crippen molar-refractivity contribution in [2.45, 2.75) is 13.1 Å². The Hall–Kier alpha value is -2.40. The van der Waals surface area contributed by atoms with Crippen molar-refractivity contribution in [2.75, 3.05) is 0 Å². The third-order valence-corrected chi connectivity index (χ3v) is 2.97. The van der Waals surface area contributed by atoms with Gasteiger partial charge in [0.05, 0.1) is 18.2 Å². The van der Waals surface area contributed by atoms with Crippen LogP contribution in [0, 0.1) is 0 Å². The van der Waals surface area contributed by atoms with Gasteiger partial charge in [-0.05, 0) is 5.56 Å². The maximum Gasteiger partial charge on any atom is 0.0922 e. The molecule has 3 rings (SSSR count). The van der Waals surface area contributed by atoms with Gasteiger partial charge in [0.1, 0.15) is 0 Å². The van der Waals surface area contributed by atoms with Gasteiger partial charge in [0.25, 0.3) is 0 Å². The number of imidazole rings is 1. The number of benzene rings is 1. The van der Waals surface area contributed by atoms with Gasteiger partial charge in [-0.1, -0.05) is 30.3 Å². The zero-order chi connectivity index (χ0) is 12.9. The first-order valence-corrected chi connectivity index (χ1v) is 6.19. The molecule has 0 bridgehead atoms. The number of aromatic amines is 2. The lowest BCUT2D eigenvalue weighted by molar-refractivity contribution is 0.683. The second-order valence-corrected chi connectivity index (χ2v) is 4.32. The lowest BCUT2D eigenvalue weighted by Crippen LogP contribution is -2.13. The maximum atomic E-state index is 4.13. The molecular weight excluding hydrogens is 238 g/mol. The van der Waals surface area contributed by atoms with Gasteiger partial charge in [-0.25, -0.2) is 4.98 Å². The third kappa shape index (κ3) is 2.71. The van der Waals surface area contributed by atoms with Gasteiger partial charge in [0, 0.05) is 30.5 Å². The van der Waals surface area contributed by atoms with Crippen molar-refractivity contribution in [2.24, 2.45) is 0 Å². The van der Waals surface area contributed by atoms with Crippen LogP contribution in [-0.2, 0) is 13.1 Å². The van der Waals surface area contributed by atoms with Crippen molar-refractivity contribution < 1.29 is 0 Å². The first kappa shape index (κ1) is 11.7. The molecule has 0 amide bonds. The van der Waals surface area contributed by atoms with E-state index in [9.17, 15) is 0 Å². The number of aromatic nitrogens is 4. The molecule has 0 saturated heterocycles. The quantitative estimate of drug-likeness (QED) is 0.652. The van der Waals surface area contributed by atoms with Crippen LogP contribution in [0.25, 0.3) is 11.3 Å². The minimum absolute atomic E-state index is 0.763. The fraction of sp³-hybridized carbons (Fsp3) is 0.143. The number of hydrogen-bond donors (Lipinski definition) is 3. The van der Waals surface area contributed by atoms with E-state index < -0.39 is 0 Å². The Balaban J connectivity index is 1.67. The summed E-state index contributed by atoms with van der Waals surface area (Å²) in [5.41, 5.74) is 4.45. The molecule has 19 heavy (non-hydrogen) atoms. The maximum absolute atomic E-state index is 4.13. The summed E-state index contributed by atoms with van der Waals surface area (Å²) < 4.78 is 0. The van der Waals surface area contributed by atoms with Crippen LogP contribution in [0.1, 0.15) is 11.3 Å². The molecule has 3 N–H and O–H groups in total. The second kappa shape index (κ2) is 5.49. The van der Waals surface area contributed by atoms with E-state index in [1.807, 2.05) is 30.6 Å². The van der Waals surface area contributed by atoms with Crippen molar-refractivity contribution in [1.82, 2.24) is 25.5 Å². The normalized spacial score (nSPS) is 10.7. The summed E-state index contributed by atoms with van der Waals surface area (Å²) in [5.74, 6) is 0. The van der Waals surface area contributed by atoms with Crippen LogP contribution in [-0.4, -0.2) is 20.2 Å². The Morgan fingerprint density at radius 3 is 2.74 bits per heavy atom. The van der Waals surface area contributed by atoms with Gasteiger partial charge in [0.15, 0.2) is 0 Å². The van der Waals surface area contributed by atoms with E-state index in [1.165, 1.54) is 0 Å². The molecule has 3 aromatic rings. The van der Waals surface area contributed by atoms with E-state index in [0.717, 1.165) is 35.6 Å². The number of hydrogen-bond acceptors (Lipinski definition) is 3. The van der Waals surface area contributed by atoms with E-state index in [0.29, 0.717) is 0 Å². The fourth-order valence-corrected chi connectivity index (χ4v) is 2.01. The molecular formula is C14H15N5. The van der Waals surface area contributed by atoms with Crippen LogP contribution in [0.4, 0.5) is 0 Å².